The number of oxazole rings is 1. The molecule has 0 aliphatic carbocycles. The van der Waals surface area contributed by atoms with Crippen LogP contribution in [0.5, 0.6) is 0 Å². The van der Waals surface area contributed by atoms with Gasteiger partial charge in [-0.15, -0.1) is 22.7 Å². The molecular weight excluding hydrogens is 374 g/mol. The van der Waals surface area contributed by atoms with Crippen LogP contribution in [0.3, 0.4) is 0 Å². The largest absolute Gasteiger partial charge is 0.431 e. The van der Waals surface area contributed by atoms with E-state index in [1.807, 2.05) is 54.1 Å². The van der Waals surface area contributed by atoms with Crippen LogP contribution in [-0.2, 0) is 4.79 Å². The highest BCUT2D eigenvalue weighted by Crippen LogP contribution is 2.30. The molecule has 0 saturated carbocycles. The predicted molar refractivity (Wildman–Crippen MR) is 103 cm³/mol. The Morgan fingerprint density at radius 2 is 2.08 bits per heavy atom. The van der Waals surface area contributed by atoms with Crippen LogP contribution in [0, 0.1) is 0 Å². The van der Waals surface area contributed by atoms with Crippen LogP contribution >= 0.6 is 34.4 Å². The van der Waals surface area contributed by atoms with E-state index >= 15 is 0 Å². The van der Waals surface area contributed by atoms with Gasteiger partial charge in [-0.25, -0.2) is 9.97 Å². The van der Waals surface area contributed by atoms with Gasteiger partial charge in [-0.2, -0.15) is 0 Å². The first-order valence-corrected chi connectivity index (χ1v) is 10.2. The topological polar surface area (TPSA) is 68.0 Å². The Labute approximate surface area is 156 Å². The number of rotatable bonds is 5. The molecule has 0 fully saturated rings. The fourth-order valence-corrected chi connectivity index (χ4v) is 4.41. The summed E-state index contributed by atoms with van der Waals surface area (Å²) in [4.78, 5) is 22.3. The molecule has 1 unspecified atom stereocenters. The number of para-hydroxylation sites is 2. The van der Waals surface area contributed by atoms with Gasteiger partial charge in [0, 0.05) is 5.38 Å². The summed E-state index contributed by atoms with van der Waals surface area (Å²) in [6, 6.07) is 11.5. The molecule has 1 amide bonds. The summed E-state index contributed by atoms with van der Waals surface area (Å²) < 4.78 is 5.65. The lowest BCUT2D eigenvalue weighted by Gasteiger charge is -2.07. The van der Waals surface area contributed by atoms with Crippen molar-refractivity contribution in [3.8, 4) is 10.6 Å². The third-order valence-electron chi connectivity index (χ3n) is 3.43. The molecular formula is C17H13N3O2S3. The van der Waals surface area contributed by atoms with E-state index in [1.165, 1.54) is 23.1 Å². The zero-order valence-corrected chi connectivity index (χ0v) is 15.6. The van der Waals surface area contributed by atoms with E-state index in [-0.39, 0.29) is 11.2 Å². The average molecular weight is 388 g/mol. The number of thioether (sulfide) groups is 1. The van der Waals surface area contributed by atoms with Gasteiger partial charge >= 0.3 is 0 Å². The van der Waals surface area contributed by atoms with Crippen LogP contribution in [0.1, 0.15) is 6.92 Å². The van der Waals surface area contributed by atoms with Gasteiger partial charge in [0.1, 0.15) is 5.52 Å². The van der Waals surface area contributed by atoms with Crippen molar-refractivity contribution >= 4 is 56.6 Å². The SMILES string of the molecule is CC(Sc1nc2ccccc2o1)C(=O)Nc1nc(-c2cccs2)cs1. The van der Waals surface area contributed by atoms with E-state index in [1.54, 1.807) is 11.3 Å². The Kier molecular flexibility index (Phi) is 4.56. The fourth-order valence-electron chi connectivity index (χ4n) is 2.18. The minimum atomic E-state index is -0.345. The Bertz CT molecular complexity index is 974. The van der Waals surface area contributed by atoms with E-state index in [4.69, 9.17) is 4.42 Å². The number of hydrogen-bond donors (Lipinski definition) is 1. The number of anilines is 1. The zero-order valence-electron chi connectivity index (χ0n) is 13.1. The summed E-state index contributed by atoms with van der Waals surface area (Å²) in [5, 5.41) is 7.55. The molecule has 5 nitrogen and oxygen atoms in total. The predicted octanol–water partition coefficient (Wildman–Crippen LogP) is 5.13. The van der Waals surface area contributed by atoms with Crippen LogP contribution < -0.4 is 5.32 Å². The monoisotopic (exact) mass is 387 g/mol. The summed E-state index contributed by atoms with van der Waals surface area (Å²) in [5.41, 5.74) is 2.39. The lowest BCUT2D eigenvalue weighted by molar-refractivity contribution is -0.115. The normalized spacial score (nSPS) is 12.4. The van der Waals surface area contributed by atoms with Gasteiger partial charge in [-0.05, 0) is 30.5 Å². The molecule has 0 aliphatic heterocycles. The maximum absolute atomic E-state index is 12.4. The number of nitrogens with one attached hydrogen (secondary N) is 1. The maximum Gasteiger partial charge on any atom is 0.257 e. The van der Waals surface area contributed by atoms with Gasteiger partial charge in [0.15, 0.2) is 10.7 Å². The third kappa shape index (κ3) is 3.60. The van der Waals surface area contributed by atoms with Crippen molar-refractivity contribution in [1.82, 2.24) is 9.97 Å². The third-order valence-corrected chi connectivity index (χ3v) is 6.02. The number of thiazole rings is 1. The number of aromatic nitrogens is 2. The first-order chi connectivity index (χ1) is 12.2. The van der Waals surface area contributed by atoms with Crippen molar-refractivity contribution in [2.45, 2.75) is 17.4 Å². The molecule has 4 aromatic rings. The molecule has 4 rings (SSSR count). The van der Waals surface area contributed by atoms with Crippen LogP contribution in [0.2, 0.25) is 0 Å². The second kappa shape index (κ2) is 6.99. The number of carbonyl (C=O) groups is 1. The van der Waals surface area contributed by atoms with E-state index in [9.17, 15) is 4.79 Å². The molecule has 0 spiro atoms. The maximum atomic E-state index is 12.4. The highest BCUT2D eigenvalue weighted by Gasteiger charge is 2.19. The van der Waals surface area contributed by atoms with Gasteiger partial charge in [0.05, 0.1) is 15.8 Å². The molecule has 1 atom stereocenters. The zero-order chi connectivity index (χ0) is 17.2. The molecule has 0 radical (unpaired) electrons. The number of amides is 1. The van der Waals surface area contributed by atoms with Gasteiger partial charge in [-0.3, -0.25) is 4.79 Å². The summed E-state index contributed by atoms with van der Waals surface area (Å²) in [5.74, 6) is -0.126. The van der Waals surface area contributed by atoms with Gasteiger partial charge in [0.25, 0.3) is 5.22 Å². The Hall–Kier alpha value is -2.16. The molecule has 8 heteroatoms. The molecule has 0 bridgehead atoms. The highest BCUT2D eigenvalue weighted by molar-refractivity contribution is 8.00. The molecule has 1 N–H and O–H groups in total. The molecule has 1 aromatic carbocycles. The van der Waals surface area contributed by atoms with E-state index in [0.29, 0.717) is 10.4 Å². The van der Waals surface area contributed by atoms with Crippen LogP contribution in [-0.4, -0.2) is 21.1 Å². The minimum absolute atomic E-state index is 0.126. The highest BCUT2D eigenvalue weighted by atomic mass is 32.2. The summed E-state index contributed by atoms with van der Waals surface area (Å²) in [6.45, 7) is 1.82. The van der Waals surface area contributed by atoms with E-state index in [0.717, 1.165) is 21.7 Å². The summed E-state index contributed by atoms with van der Waals surface area (Å²) in [6.07, 6.45) is 0. The van der Waals surface area contributed by atoms with E-state index < -0.39 is 0 Å². The van der Waals surface area contributed by atoms with Crippen LogP contribution in [0.25, 0.3) is 21.7 Å². The molecule has 25 heavy (non-hydrogen) atoms. The smallest absolute Gasteiger partial charge is 0.257 e. The minimum Gasteiger partial charge on any atom is -0.431 e. The van der Waals surface area contributed by atoms with Crippen molar-refractivity contribution < 1.29 is 9.21 Å². The lowest BCUT2D eigenvalue weighted by Crippen LogP contribution is -2.22. The number of hydrogen-bond acceptors (Lipinski definition) is 7. The van der Waals surface area contributed by atoms with Crippen molar-refractivity contribution in [1.29, 1.82) is 0 Å². The number of nitrogens with zero attached hydrogens (tertiary/aromatic N) is 2. The van der Waals surface area contributed by atoms with Crippen molar-refractivity contribution in [3.05, 3.63) is 47.2 Å². The molecule has 126 valence electrons. The molecule has 3 aromatic heterocycles. The Balaban J connectivity index is 1.42. The van der Waals surface area contributed by atoms with Crippen LogP contribution in [0.15, 0.2) is 56.8 Å². The quantitative estimate of drug-likeness (QED) is 0.481. The first-order valence-electron chi connectivity index (χ1n) is 7.51. The Morgan fingerprint density at radius 1 is 1.20 bits per heavy atom. The van der Waals surface area contributed by atoms with Gasteiger partial charge < -0.3 is 9.73 Å². The second-order valence-electron chi connectivity index (χ2n) is 5.21. The number of thiophene rings is 1. The van der Waals surface area contributed by atoms with Crippen LogP contribution in [0.4, 0.5) is 5.13 Å². The summed E-state index contributed by atoms with van der Waals surface area (Å²) >= 11 is 4.33. The molecule has 3 heterocycles. The molecule has 0 aliphatic rings. The van der Waals surface area contributed by atoms with Crippen molar-refractivity contribution in [3.63, 3.8) is 0 Å². The van der Waals surface area contributed by atoms with Gasteiger partial charge in [-0.1, -0.05) is 30.0 Å². The fraction of sp³-hybridized carbons (Fsp3) is 0.118. The average Bonchev–Trinajstić information content (AvgIpc) is 3.34. The standard InChI is InChI=1S/C17H13N3O2S3/c1-10(25-17-19-11-5-2-3-6-13(11)22-17)15(21)20-16-18-12(9-24-16)14-7-4-8-23-14/h2-10H,1H3,(H,18,20,21). The molecule has 0 saturated heterocycles. The second-order valence-corrected chi connectivity index (χ2v) is 8.31. The van der Waals surface area contributed by atoms with E-state index in [2.05, 4.69) is 15.3 Å². The summed E-state index contributed by atoms with van der Waals surface area (Å²) in [7, 11) is 0. The number of carbonyl (C=O) groups excluding carboxylic acids is 1. The Morgan fingerprint density at radius 3 is 2.88 bits per heavy atom. The van der Waals surface area contributed by atoms with Crippen molar-refractivity contribution in [2.24, 2.45) is 0 Å². The first kappa shape index (κ1) is 16.3. The number of benzene rings is 1. The van der Waals surface area contributed by atoms with Crippen molar-refractivity contribution in [2.75, 3.05) is 5.32 Å². The van der Waals surface area contributed by atoms with Gasteiger partial charge in [0.2, 0.25) is 5.91 Å². The lowest BCUT2D eigenvalue weighted by atomic mass is 10.3. The number of fused-ring (bicyclic) bond motifs is 1.